The lowest BCUT2D eigenvalue weighted by molar-refractivity contribution is -0.118. The molecule has 0 spiro atoms. The highest BCUT2D eigenvalue weighted by Crippen LogP contribution is 2.25. The summed E-state index contributed by atoms with van der Waals surface area (Å²) in [6.07, 6.45) is 4.59. The summed E-state index contributed by atoms with van der Waals surface area (Å²) in [6, 6.07) is 2.51. The first-order valence-corrected chi connectivity index (χ1v) is 6.37. The highest BCUT2D eigenvalue weighted by atomic mass is 16.1. The van der Waals surface area contributed by atoms with Crippen LogP contribution in [0.25, 0.3) is 0 Å². The van der Waals surface area contributed by atoms with Gasteiger partial charge in [-0.05, 0) is 38.2 Å². The summed E-state index contributed by atoms with van der Waals surface area (Å²) in [4.78, 5) is 11.2. The van der Waals surface area contributed by atoms with E-state index in [1.807, 2.05) is 10.9 Å². The Morgan fingerprint density at radius 1 is 1.53 bits per heavy atom. The molecule has 0 aromatic carbocycles. The van der Waals surface area contributed by atoms with E-state index in [0.29, 0.717) is 12.5 Å². The van der Waals surface area contributed by atoms with Gasteiger partial charge in [0, 0.05) is 18.7 Å². The molecule has 0 saturated carbocycles. The van der Waals surface area contributed by atoms with Crippen LogP contribution in [0.3, 0.4) is 0 Å². The minimum absolute atomic E-state index is 0.000466. The van der Waals surface area contributed by atoms with Crippen LogP contribution < -0.4 is 0 Å². The molecule has 0 saturated heterocycles. The second kappa shape index (κ2) is 5.48. The van der Waals surface area contributed by atoms with Gasteiger partial charge in [0.1, 0.15) is 5.78 Å². The third-order valence-electron chi connectivity index (χ3n) is 3.09. The van der Waals surface area contributed by atoms with Crippen LogP contribution in [0, 0.1) is 5.41 Å². The number of hydrogen-bond donors (Lipinski definition) is 0. The number of ketones is 1. The molecule has 0 aliphatic rings. The van der Waals surface area contributed by atoms with Crippen LogP contribution in [-0.4, -0.2) is 15.6 Å². The maximum Gasteiger partial charge on any atom is 0.130 e. The van der Waals surface area contributed by atoms with Gasteiger partial charge >= 0.3 is 0 Å². The van der Waals surface area contributed by atoms with E-state index in [1.54, 1.807) is 6.92 Å². The van der Waals surface area contributed by atoms with Gasteiger partial charge in [-0.15, -0.1) is 0 Å². The topological polar surface area (TPSA) is 34.9 Å². The number of Topliss-reactive ketones (excluding diaryl/α,β-unsaturated/α-hetero) is 1. The van der Waals surface area contributed by atoms with E-state index in [9.17, 15) is 4.79 Å². The summed E-state index contributed by atoms with van der Waals surface area (Å²) >= 11 is 0. The number of carbonyl (C=O) groups excluding carboxylic acids is 1. The summed E-state index contributed by atoms with van der Waals surface area (Å²) in [5, 5.41) is 4.58. The van der Waals surface area contributed by atoms with E-state index in [4.69, 9.17) is 0 Å². The lowest BCUT2D eigenvalue weighted by Crippen LogP contribution is -2.19. The van der Waals surface area contributed by atoms with Crippen LogP contribution in [0.4, 0.5) is 0 Å². The van der Waals surface area contributed by atoms with Crippen molar-refractivity contribution >= 4 is 5.78 Å². The first-order valence-electron chi connectivity index (χ1n) is 6.37. The number of hydrogen-bond acceptors (Lipinski definition) is 2. The zero-order valence-electron chi connectivity index (χ0n) is 11.7. The molecule has 0 radical (unpaired) electrons. The Balaban J connectivity index is 2.68. The Morgan fingerprint density at radius 2 is 2.18 bits per heavy atom. The molecule has 0 amide bonds. The fourth-order valence-electron chi connectivity index (χ4n) is 2.13. The second-order valence-corrected chi connectivity index (χ2v) is 5.76. The van der Waals surface area contributed by atoms with Gasteiger partial charge in [0.25, 0.3) is 0 Å². The van der Waals surface area contributed by atoms with Crippen molar-refractivity contribution in [2.75, 3.05) is 0 Å². The molecular formula is C14H24N2O. The van der Waals surface area contributed by atoms with Gasteiger partial charge in [-0.2, -0.15) is 5.10 Å². The number of aromatic nitrogens is 2. The van der Waals surface area contributed by atoms with E-state index < -0.39 is 0 Å². The predicted molar refractivity (Wildman–Crippen MR) is 70.0 cm³/mol. The molecule has 17 heavy (non-hydrogen) atoms. The van der Waals surface area contributed by atoms with Gasteiger partial charge < -0.3 is 4.79 Å². The fraction of sp³-hybridized carbons (Fsp3) is 0.714. The average molecular weight is 236 g/mol. The van der Waals surface area contributed by atoms with Crippen molar-refractivity contribution in [2.45, 2.75) is 59.9 Å². The highest BCUT2D eigenvalue weighted by molar-refractivity contribution is 5.76. The molecule has 0 aliphatic carbocycles. The van der Waals surface area contributed by atoms with Crippen LogP contribution in [-0.2, 0) is 11.2 Å². The van der Waals surface area contributed by atoms with Crippen molar-refractivity contribution in [3.05, 3.63) is 18.0 Å². The molecule has 1 unspecified atom stereocenters. The molecule has 1 aromatic rings. The van der Waals surface area contributed by atoms with Gasteiger partial charge in [0.15, 0.2) is 0 Å². The van der Waals surface area contributed by atoms with Gasteiger partial charge in [-0.25, -0.2) is 0 Å². The molecule has 1 atom stereocenters. The quantitative estimate of drug-likeness (QED) is 0.758. The molecule has 1 rings (SSSR count). The lowest BCUT2D eigenvalue weighted by Gasteiger charge is -2.21. The van der Waals surface area contributed by atoms with Crippen LogP contribution in [0.5, 0.6) is 0 Å². The number of rotatable bonds is 6. The predicted octanol–water partition coefficient (Wildman–Crippen LogP) is 3.40. The summed E-state index contributed by atoms with van der Waals surface area (Å²) in [6.45, 7) is 10.2. The largest absolute Gasteiger partial charge is 0.300 e. The van der Waals surface area contributed by atoms with Crippen LogP contribution >= 0.6 is 0 Å². The fourth-order valence-corrected chi connectivity index (χ4v) is 2.13. The number of nitrogens with zero attached hydrogens (tertiary/aromatic N) is 2. The summed E-state index contributed by atoms with van der Waals surface area (Å²) in [7, 11) is 0. The molecule has 0 fully saturated rings. The first-order chi connectivity index (χ1) is 7.84. The Kier molecular flexibility index (Phi) is 4.49. The van der Waals surface area contributed by atoms with E-state index in [0.717, 1.165) is 18.5 Å². The monoisotopic (exact) mass is 236 g/mol. The molecule has 3 nitrogen and oxygen atoms in total. The maximum absolute atomic E-state index is 11.2. The summed E-state index contributed by atoms with van der Waals surface area (Å²) in [5.74, 6) is 0.247. The highest BCUT2D eigenvalue weighted by Gasteiger charge is 2.22. The molecule has 3 heteroatoms. The molecule has 96 valence electrons. The van der Waals surface area contributed by atoms with Crippen molar-refractivity contribution in [3.8, 4) is 0 Å². The van der Waals surface area contributed by atoms with Crippen molar-refractivity contribution in [3.63, 3.8) is 0 Å². The maximum atomic E-state index is 11.2. The zero-order valence-corrected chi connectivity index (χ0v) is 11.7. The standard InChI is InChI=1S/C14H24N2O/c1-6-11(2)16-8-7-13(15-16)10-14(4,5)9-12(3)17/h7-8,11H,6,9-10H2,1-5H3. The van der Waals surface area contributed by atoms with E-state index in [-0.39, 0.29) is 11.2 Å². The Bertz CT molecular complexity index is 379. The lowest BCUT2D eigenvalue weighted by atomic mass is 9.83. The molecule has 0 N–H and O–H groups in total. The minimum Gasteiger partial charge on any atom is -0.300 e. The van der Waals surface area contributed by atoms with Crippen LogP contribution in [0.15, 0.2) is 12.3 Å². The second-order valence-electron chi connectivity index (χ2n) is 5.76. The summed E-state index contributed by atoms with van der Waals surface area (Å²) in [5.41, 5.74) is 1.08. The average Bonchev–Trinajstić information content (AvgIpc) is 2.61. The third-order valence-corrected chi connectivity index (χ3v) is 3.09. The summed E-state index contributed by atoms with van der Waals surface area (Å²) < 4.78 is 2.01. The first kappa shape index (κ1) is 13.9. The molecule has 1 aromatic heterocycles. The Hall–Kier alpha value is -1.12. The van der Waals surface area contributed by atoms with Gasteiger partial charge in [0.05, 0.1) is 5.69 Å². The van der Waals surface area contributed by atoms with Crippen molar-refractivity contribution in [2.24, 2.45) is 5.41 Å². The molecule has 0 aliphatic heterocycles. The Morgan fingerprint density at radius 3 is 2.71 bits per heavy atom. The van der Waals surface area contributed by atoms with Crippen LogP contribution in [0.1, 0.15) is 59.2 Å². The van der Waals surface area contributed by atoms with Gasteiger partial charge in [-0.1, -0.05) is 20.8 Å². The van der Waals surface area contributed by atoms with E-state index >= 15 is 0 Å². The number of carbonyl (C=O) groups is 1. The Labute approximate surface area is 104 Å². The van der Waals surface area contributed by atoms with Crippen molar-refractivity contribution in [1.82, 2.24) is 9.78 Å². The van der Waals surface area contributed by atoms with E-state index in [2.05, 4.69) is 38.9 Å². The van der Waals surface area contributed by atoms with Gasteiger partial charge in [0.2, 0.25) is 0 Å². The molecule has 1 heterocycles. The minimum atomic E-state index is 0.000466. The third kappa shape index (κ3) is 4.33. The van der Waals surface area contributed by atoms with Crippen LogP contribution in [0.2, 0.25) is 0 Å². The molecular weight excluding hydrogens is 212 g/mol. The van der Waals surface area contributed by atoms with Crippen molar-refractivity contribution in [1.29, 1.82) is 0 Å². The SMILES string of the molecule is CCC(C)n1ccc(CC(C)(C)CC(C)=O)n1. The molecule has 0 bridgehead atoms. The zero-order chi connectivity index (χ0) is 13.1. The van der Waals surface area contributed by atoms with Crippen molar-refractivity contribution < 1.29 is 4.79 Å². The van der Waals surface area contributed by atoms with E-state index in [1.165, 1.54) is 0 Å². The normalized spacial score (nSPS) is 13.7. The smallest absolute Gasteiger partial charge is 0.130 e. The van der Waals surface area contributed by atoms with Gasteiger partial charge in [-0.3, -0.25) is 4.68 Å².